The standard InChI is InChI=1S/C18H23FN4O.HI/c1-3-10-24-17-9-6-15(12-21-17)13-23-18(20-2)22-11-14-4-7-16(19)8-5-14;/h4-9,12H,3,10-11,13H2,1-2H3,(H2,20,22,23);1H. The maximum atomic E-state index is 12.9. The summed E-state index contributed by atoms with van der Waals surface area (Å²) in [6, 6.07) is 10.2. The number of halogens is 2. The molecule has 2 rings (SSSR count). The number of hydrogen-bond donors (Lipinski definition) is 2. The van der Waals surface area contributed by atoms with Crippen LogP contribution in [0.15, 0.2) is 47.6 Å². The minimum absolute atomic E-state index is 0. The minimum Gasteiger partial charge on any atom is -0.478 e. The highest BCUT2D eigenvalue weighted by Gasteiger charge is 2.01. The Morgan fingerprint density at radius 3 is 2.28 bits per heavy atom. The van der Waals surface area contributed by atoms with Crippen molar-refractivity contribution in [2.45, 2.75) is 26.4 Å². The smallest absolute Gasteiger partial charge is 0.213 e. The average molecular weight is 458 g/mol. The number of rotatable bonds is 7. The molecule has 1 heterocycles. The molecule has 0 saturated heterocycles. The van der Waals surface area contributed by atoms with E-state index in [0.29, 0.717) is 31.5 Å². The first-order valence-electron chi connectivity index (χ1n) is 7.98. The predicted octanol–water partition coefficient (Wildman–Crippen LogP) is 3.49. The van der Waals surface area contributed by atoms with E-state index in [2.05, 4.69) is 27.5 Å². The molecule has 1 aromatic heterocycles. The second-order valence-corrected chi connectivity index (χ2v) is 5.26. The Morgan fingerprint density at radius 1 is 1.08 bits per heavy atom. The summed E-state index contributed by atoms with van der Waals surface area (Å²) in [4.78, 5) is 8.43. The van der Waals surface area contributed by atoms with Crippen LogP contribution in [0.25, 0.3) is 0 Å². The maximum absolute atomic E-state index is 12.9. The van der Waals surface area contributed by atoms with Crippen molar-refractivity contribution >= 4 is 29.9 Å². The number of hydrogen-bond acceptors (Lipinski definition) is 3. The summed E-state index contributed by atoms with van der Waals surface area (Å²) in [6.45, 7) is 3.90. The Balaban J connectivity index is 0.00000312. The highest BCUT2D eigenvalue weighted by Crippen LogP contribution is 2.07. The van der Waals surface area contributed by atoms with Crippen LogP contribution in [0.5, 0.6) is 5.88 Å². The molecule has 0 aliphatic heterocycles. The zero-order chi connectivity index (χ0) is 17.2. The van der Waals surface area contributed by atoms with Gasteiger partial charge in [-0.15, -0.1) is 24.0 Å². The van der Waals surface area contributed by atoms with Crippen LogP contribution in [0.1, 0.15) is 24.5 Å². The van der Waals surface area contributed by atoms with Crippen LogP contribution in [0.3, 0.4) is 0 Å². The van der Waals surface area contributed by atoms with Gasteiger partial charge in [0.15, 0.2) is 5.96 Å². The van der Waals surface area contributed by atoms with Crippen molar-refractivity contribution < 1.29 is 9.13 Å². The fourth-order valence-corrected chi connectivity index (χ4v) is 2.00. The maximum Gasteiger partial charge on any atom is 0.213 e. The SMILES string of the molecule is CCCOc1ccc(CNC(=NC)NCc2ccc(F)cc2)cn1.I. The van der Waals surface area contributed by atoms with Gasteiger partial charge >= 0.3 is 0 Å². The Kier molecular flexibility index (Phi) is 9.83. The Labute approximate surface area is 165 Å². The van der Waals surface area contributed by atoms with E-state index in [1.54, 1.807) is 25.4 Å². The molecule has 7 heteroatoms. The number of guanidine groups is 1. The molecule has 0 aliphatic carbocycles. The van der Waals surface area contributed by atoms with Gasteiger partial charge in [-0.05, 0) is 29.7 Å². The van der Waals surface area contributed by atoms with Crippen LogP contribution in [0.4, 0.5) is 4.39 Å². The summed E-state index contributed by atoms with van der Waals surface area (Å²) in [5, 5.41) is 6.40. The van der Waals surface area contributed by atoms with Crippen molar-refractivity contribution in [1.29, 1.82) is 0 Å². The number of aromatic nitrogens is 1. The third kappa shape index (κ3) is 7.68. The van der Waals surface area contributed by atoms with Gasteiger partial charge in [0.05, 0.1) is 6.61 Å². The summed E-state index contributed by atoms with van der Waals surface area (Å²) >= 11 is 0. The number of ether oxygens (including phenoxy) is 1. The zero-order valence-corrected chi connectivity index (χ0v) is 16.8. The van der Waals surface area contributed by atoms with Gasteiger partial charge in [-0.1, -0.05) is 25.1 Å². The molecule has 0 amide bonds. The number of nitrogens with zero attached hydrogens (tertiary/aromatic N) is 2. The van der Waals surface area contributed by atoms with Gasteiger partial charge in [-0.25, -0.2) is 9.37 Å². The Hall–Kier alpha value is -1.90. The second-order valence-electron chi connectivity index (χ2n) is 5.26. The van der Waals surface area contributed by atoms with Gasteiger partial charge in [-0.3, -0.25) is 4.99 Å². The average Bonchev–Trinajstić information content (AvgIpc) is 2.62. The fraction of sp³-hybridized carbons (Fsp3) is 0.333. The molecule has 0 radical (unpaired) electrons. The van der Waals surface area contributed by atoms with E-state index in [-0.39, 0.29) is 29.8 Å². The van der Waals surface area contributed by atoms with Crippen LogP contribution >= 0.6 is 24.0 Å². The van der Waals surface area contributed by atoms with E-state index in [9.17, 15) is 4.39 Å². The molecule has 136 valence electrons. The molecular weight excluding hydrogens is 434 g/mol. The van der Waals surface area contributed by atoms with Crippen LogP contribution in [-0.4, -0.2) is 24.6 Å². The normalized spacial score (nSPS) is 10.8. The topological polar surface area (TPSA) is 58.5 Å². The molecule has 5 nitrogen and oxygen atoms in total. The molecule has 0 fully saturated rings. The number of pyridine rings is 1. The van der Waals surface area contributed by atoms with E-state index in [1.165, 1.54) is 12.1 Å². The van der Waals surface area contributed by atoms with Crippen molar-refractivity contribution in [2.75, 3.05) is 13.7 Å². The lowest BCUT2D eigenvalue weighted by atomic mass is 10.2. The van der Waals surface area contributed by atoms with Crippen LogP contribution < -0.4 is 15.4 Å². The molecular formula is C18H24FIN4O. The predicted molar refractivity (Wildman–Crippen MR) is 109 cm³/mol. The molecule has 1 aromatic carbocycles. The first-order valence-corrected chi connectivity index (χ1v) is 7.98. The molecule has 0 atom stereocenters. The summed E-state index contributed by atoms with van der Waals surface area (Å²) in [5.41, 5.74) is 2.02. The van der Waals surface area contributed by atoms with Crippen molar-refractivity contribution in [3.8, 4) is 5.88 Å². The zero-order valence-electron chi connectivity index (χ0n) is 14.5. The second kappa shape index (κ2) is 11.6. The first-order chi connectivity index (χ1) is 11.7. The third-order valence-corrected chi connectivity index (χ3v) is 3.31. The number of aliphatic imine (C=N–C) groups is 1. The summed E-state index contributed by atoms with van der Waals surface area (Å²) in [5.74, 6) is 1.07. The van der Waals surface area contributed by atoms with Crippen LogP contribution in [0, 0.1) is 5.82 Å². The Bertz CT molecular complexity index is 647. The lowest BCUT2D eigenvalue weighted by Gasteiger charge is -2.12. The van der Waals surface area contributed by atoms with E-state index in [1.807, 2.05) is 12.1 Å². The Morgan fingerprint density at radius 2 is 1.72 bits per heavy atom. The molecule has 0 aliphatic rings. The first kappa shape index (κ1) is 21.1. The van der Waals surface area contributed by atoms with E-state index < -0.39 is 0 Å². The van der Waals surface area contributed by atoms with Crippen molar-refractivity contribution in [1.82, 2.24) is 15.6 Å². The number of benzene rings is 1. The number of nitrogens with one attached hydrogen (secondary N) is 2. The molecule has 2 aromatic rings. The summed E-state index contributed by atoms with van der Waals surface area (Å²) < 4.78 is 18.3. The molecule has 0 bridgehead atoms. The largest absolute Gasteiger partial charge is 0.478 e. The fourth-order valence-electron chi connectivity index (χ4n) is 2.00. The van der Waals surface area contributed by atoms with E-state index >= 15 is 0 Å². The van der Waals surface area contributed by atoms with Crippen LogP contribution in [-0.2, 0) is 13.1 Å². The summed E-state index contributed by atoms with van der Waals surface area (Å²) in [7, 11) is 1.71. The van der Waals surface area contributed by atoms with Gasteiger partial charge in [0.1, 0.15) is 5.82 Å². The van der Waals surface area contributed by atoms with Crippen LogP contribution in [0.2, 0.25) is 0 Å². The molecule has 25 heavy (non-hydrogen) atoms. The van der Waals surface area contributed by atoms with Crippen molar-refractivity contribution in [2.24, 2.45) is 4.99 Å². The molecule has 0 saturated carbocycles. The van der Waals surface area contributed by atoms with Gasteiger partial charge in [0, 0.05) is 32.4 Å². The highest BCUT2D eigenvalue weighted by molar-refractivity contribution is 14.0. The highest BCUT2D eigenvalue weighted by atomic mass is 127. The van der Waals surface area contributed by atoms with Crippen molar-refractivity contribution in [3.05, 3.63) is 59.5 Å². The third-order valence-electron chi connectivity index (χ3n) is 3.31. The monoisotopic (exact) mass is 458 g/mol. The molecule has 0 unspecified atom stereocenters. The lowest BCUT2D eigenvalue weighted by molar-refractivity contribution is 0.305. The minimum atomic E-state index is -0.236. The van der Waals surface area contributed by atoms with Crippen molar-refractivity contribution in [3.63, 3.8) is 0 Å². The lowest BCUT2D eigenvalue weighted by Crippen LogP contribution is -2.36. The van der Waals surface area contributed by atoms with E-state index in [4.69, 9.17) is 4.74 Å². The van der Waals surface area contributed by atoms with Gasteiger partial charge < -0.3 is 15.4 Å². The molecule has 0 spiro atoms. The van der Waals surface area contributed by atoms with Gasteiger partial charge in [0.2, 0.25) is 5.88 Å². The summed E-state index contributed by atoms with van der Waals surface area (Å²) in [6.07, 6.45) is 2.74. The van der Waals surface area contributed by atoms with E-state index in [0.717, 1.165) is 17.5 Å². The molecule has 2 N–H and O–H groups in total. The van der Waals surface area contributed by atoms with Gasteiger partial charge in [-0.2, -0.15) is 0 Å². The van der Waals surface area contributed by atoms with Gasteiger partial charge in [0.25, 0.3) is 0 Å². The quantitative estimate of drug-likeness (QED) is 0.379.